The number of fused-ring (bicyclic) bond motifs is 3. The molecule has 0 aliphatic rings. The Morgan fingerprint density at radius 2 is 0.725 bits per heavy atom. The van der Waals surface area contributed by atoms with Crippen LogP contribution in [0.2, 0.25) is 0 Å². The average Bonchev–Trinajstić information content (AvgIpc) is 3.59. The molecule has 0 fully saturated rings. The lowest BCUT2D eigenvalue weighted by Crippen LogP contribution is -2.74. The highest BCUT2D eigenvalue weighted by Crippen LogP contribution is 2.38. The predicted molar refractivity (Wildman–Crippen MR) is 217 cm³/mol. The summed E-state index contributed by atoms with van der Waals surface area (Å²) < 4.78 is 6.29. The van der Waals surface area contributed by atoms with E-state index in [4.69, 9.17) is 4.42 Å². The molecule has 0 spiro atoms. The summed E-state index contributed by atoms with van der Waals surface area (Å²) in [7, 11) is -2.57. The van der Waals surface area contributed by atoms with Crippen LogP contribution in [0.1, 0.15) is 0 Å². The summed E-state index contributed by atoms with van der Waals surface area (Å²) in [5, 5.41) is 7.75. The summed E-state index contributed by atoms with van der Waals surface area (Å²) in [5.74, 6) is 0. The lowest BCUT2D eigenvalue weighted by Gasteiger charge is -2.34. The van der Waals surface area contributed by atoms with Crippen molar-refractivity contribution < 1.29 is 4.42 Å². The molecule has 0 bridgehead atoms. The Kier molecular flexibility index (Phi) is 7.88. The molecule has 0 unspecified atom stereocenters. The minimum atomic E-state index is -2.57. The lowest BCUT2D eigenvalue weighted by molar-refractivity contribution is 0.669. The smallest absolute Gasteiger partial charge is 0.179 e. The molecule has 51 heavy (non-hydrogen) atoms. The van der Waals surface area contributed by atoms with Crippen molar-refractivity contribution in [1.82, 2.24) is 0 Å². The van der Waals surface area contributed by atoms with Gasteiger partial charge in [0.05, 0.1) is 0 Å². The van der Waals surface area contributed by atoms with Gasteiger partial charge in [-0.2, -0.15) is 0 Å². The van der Waals surface area contributed by atoms with Gasteiger partial charge in [0, 0.05) is 33.9 Å². The molecule has 1 aromatic heterocycles. The van der Waals surface area contributed by atoms with E-state index in [2.05, 4.69) is 205 Å². The number of rotatable bonds is 8. The number of nitrogens with zero attached hydrogens (tertiary/aromatic N) is 1. The molecular formula is C48H35NOSi. The highest BCUT2D eigenvalue weighted by molar-refractivity contribution is 7.19. The van der Waals surface area contributed by atoms with E-state index in [1.54, 1.807) is 0 Å². The van der Waals surface area contributed by atoms with Gasteiger partial charge in [-0.3, -0.25) is 0 Å². The van der Waals surface area contributed by atoms with Gasteiger partial charge in [-0.05, 0) is 74.3 Å². The molecule has 9 rings (SSSR count). The van der Waals surface area contributed by atoms with Gasteiger partial charge in [0.1, 0.15) is 11.2 Å². The molecule has 9 aromatic rings. The Morgan fingerprint density at radius 3 is 1.29 bits per heavy atom. The fourth-order valence-corrected chi connectivity index (χ4v) is 12.4. The van der Waals surface area contributed by atoms with E-state index in [1.807, 2.05) is 12.1 Å². The van der Waals surface area contributed by atoms with Crippen molar-refractivity contribution in [3.8, 4) is 11.1 Å². The van der Waals surface area contributed by atoms with Crippen molar-refractivity contribution in [2.24, 2.45) is 0 Å². The van der Waals surface area contributed by atoms with Crippen LogP contribution in [0.25, 0.3) is 33.1 Å². The van der Waals surface area contributed by atoms with Crippen LogP contribution in [0.5, 0.6) is 0 Å². The topological polar surface area (TPSA) is 16.4 Å². The van der Waals surface area contributed by atoms with Crippen LogP contribution in [0.3, 0.4) is 0 Å². The van der Waals surface area contributed by atoms with Crippen LogP contribution in [0.4, 0.5) is 17.1 Å². The molecule has 0 N–H and O–H groups in total. The van der Waals surface area contributed by atoms with Gasteiger partial charge < -0.3 is 9.32 Å². The molecule has 1 heterocycles. The fourth-order valence-electron chi connectivity index (χ4n) is 7.66. The molecule has 2 nitrogen and oxygen atoms in total. The van der Waals surface area contributed by atoms with Crippen LogP contribution in [-0.4, -0.2) is 8.07 Å². The number of benzene rings is 8. The summed E-state index contributed by atoms with van der Waals surface area (Å²) in [6, 6.07) is 76.7. The molecule has 0 aliphatic carbocycles. The van der Waals surface area contributed by atoms with Gasteiger partial charge in [0.25, 0.3) is 0 Å². The Balaban J connectivity index is 1.11. The second-order valence-electron chi connectivity index (χ2n) is 12.9. The third-order valence-corrected chi connectivity index (χ3v) is 14.8. The molecule has 0 aliphatic heterocycles. The van der Waals surface area contributed by atoms with E-state index in [9.17, 15) is 0 Å². The van der Waals surface area contributed by atoms with Gasteiger partial charge in [-0.25, -0.2) is 0 Å². The Labute approximate surface area is 299 Å². The van der Waals surface area contributed by atoms with Crippen molar-refractivity contribution in [2.75, 3.05) is 4.90 Å². The van der Waals surface area contributed by atoms with Crippen LogP contribution in [0.15, 0.2) is 217 Å². The predicted octanol–water partition coefficient (Wildman–Crippen LogP) is 10.1. The zero-order valence-electron chi connectivity index (χ0n) is 28.1. The quantitative estimate of drug-likeness (QED) is 0.118. The molecule has 3 heteroatoms. The van der Waals surface area contributed by atoms with Crippen molar-refractivity contribution in [3.05, 3.63) is 212 Å². The van der Waals surface area contributed by atoms with Crippen LogP contribution >= 0.6 is 0 Å². The van der Waals surface area contributed by atoms with Gasteiger partial charge >= 0.3 is 0 Å². The highest BCUT2D eigenvalue weighted by atomic mass is 28.3. The number of para-hydroxylation sites is 2. The second-order valence-corrected chi connectivity index (χ2v) is 16.7. The van der Waals surface area contributed by atoms with Crippen molar-refractivity contribution in [1.29, 1.82) is 0 Å². The fraction of sp³-hybridized carbons (Fsp3) is 0. The molecule has 0 saturated carbocycles. The molecule has 8 aromatic carbocycles. The monoisotopic (exact) mass is 669 g/mol. The highest BCUT2D eigenvalue weighted by Gasteiger charge is 2.41. The van der Waals surface area contributed by atoms with E-state index < -0.39 is 8.07 Å². The molecule has 242 valence electrons. The summed E-state index contributed by atoms with van der Waals surface area (Å²) >= 11 is 0. The maximum absolute atomic E-state index is 6.29. The maximum Gasteiger partial charge on any atom is 0.179 e. The molecule has 0 radical (unpaired) electrons. The third kappa shape index (κ3) is 5.45. The molecule has 0 amide bonds. The first-order valence-corrected chi connectivity index (χ1v) is 19.4. The zero-order chi connectivity index (χ0) is 34.0. The third-order valence-electron chi connectivity index (χ3n) is 10.0. The summed E-state index contributed by atoms with van der Waals surface area (Å²) in [6.07, 6.45) is 0. The molecular weight excluding hydrogens is 635 g/mol. The van der Waals surface area contributed by atoms with Crippen LogP contribution in [0, 0.1) is 0 Å². The van der Waals surface area contributed by atoms with Crippen molar-refractivity contribution in [2.45, 2.75) is 0 Å². The lowest BCUT2D eigenvalue weighted by atomic mass is 10.0. The van der Waals surface area contributed by atoms with E-state index in [1.165, 1.54) is 31.9 Å². The van der Waals surface area contributed by atoms with Crippen molar-refractivity contribution in [3.63, 3.8) is 0 Å². The zero-order valence-corrected chi connectivity index (χ0v) is 29.1. The second kappa shape index (κ2) is 13.1. The normalized spacial score (nSPS) is 11.5. The first kappa shape index (κ1) is 30.6. The van der Waals surface area contributed by atoms with E-state index in [0.717, 1.165) is 39.0 Å². The minimum absolute atomic E-state index is 0.882. The van der Waals surface area contributed by atoms with Crippen LogP contribution in [-0.2, 0) is 0 Å². The largest absolute Gasteiger partial charge is 0.456 e. The number of hydrogen-bond acceptors (Lipinski definition) is 2. The first-order valence-electron chi connectivity index (χ1n) is 17.4. The van der Waals surface area contributed by atoms with Crippen molar-refractivity contribution >= 4 is 67.8 Å². The number of furan rings is 1. The summed E-state index contributed by atoms with van der Waals surface area (Å²) in [4.78, 5) is 2.29. The minimum Gasteiger partial charge on any atom is -0.456 e. The Morgan fingerprint density at radius 1 is 0.314 bits per heavy atom. The van der Waals surface area contributed by atoms with Gasteiger partial charge in [-0.1, -0.05) is 164 Å². The Hall–Kier alpha value is -6.42. The van der Waals surface area contributed by atoms with Gasteiger partial charge in [0.15, 0.2) is 8.07 Å². The van der Waals surface area contributed by atoms with Gasteiger partial charge in [0.2, 0.25) is 0 Å². The van der Waals surface area contributed by atoms with E-state index >= 15 is 0 Å². The van der Waals surface area contributed by atoms with Crippen LogP contribution < -0.4 is 25.6 Å². The molecule has 0 saturated heterocycles. The van der Waals surface area contributed by atoms with E-state index in [-0.39, 0.29) is 0 Å². The number of anilines is 3. The number of hydrogen-bond donors (Lipinski definition) is 0. The molecule has 0 atom stereocenters. The first-order chi connectivity index (χ1) is 25.3. The average molecular weight is 670 g/mol. The van der Waals surface area contributed by atoms with E-state index in [0.29, 0.717) is 0 Å². The maximum atomic E-state index is 6.29. The standard InChI is InChI=1S/C48H35NOSi/c1-5-15-38(16-6-1)49(40-31-34-46-45-23-13-14-24-47(45)50-48(46)35-40)39-29-25-36(26-30-39)37-27-32-44(33-28-37)51(41-17-7-2-8-18-41,42-19-9-3-10-20-42)43-21-11-4-12-22-43/h1-35H. The SMILES string of the molecule is c1ccc(N(c2ccc(-c3ccc([Si](c4ccccc4)(c4ccccc4)c4ccccc4)cc3)cc2)c2ccc3c(c2)oc2ccccc23)cc1. The summed E-state index contributed by atoms with van der Waals surface area (Å²) in [5.41, 5.74) is 7.38. The summed E-state index contributed by atoms with van der Waals surface area (Å²) in [6.45, 7) is 0. The Bertz CT molecular complexity index is 2450. The van der Waals surface area contributed by atoms with Gasteiger partial charge in [-0.15, -0.1) is 0 Å².